The van der Waals surface area contributed by atoms with Gasteiger partial charge in [-0.1, -0.05) is 30.3 Å². The third-order valence-electron chi connectivity index (χ3n) is 7.75. The monoisotopic (exact) mass is 524 g/mol. The number of aromatic nitrogens is 3. The Morgan fingerprint density at radius 3 is 2.54 bits per heavy atom. The number of anilines is 3. The van der Waals surface area contributed by atoms with E-state index in [0.717, 1.165) is 60.5 Å². The van der Waals surface area contributed by atoms with Gasteiger partial charge < -0.3 is 19.7 Å². The van der Waals surface area contributed by atoms with Gasteiger partial charge in [0, 0.05) is 55.4 Å². The standard InChI is InChI=1S/C30H29FN6O2/c1-19-14-25(20-6-4-3-5-7-20)27(35(19)2)28(38)29(39)34-23-8-9-26-21(15-23)16-24-10-11-36(12-13-37(24)26)30-32-17-22(31)18-33-30/h3-9,14-15,17-18,24H,10-13,16H2,1-2H3,(H,34,39)/t24-/m0/s1. The maximum atomic E-state index is 13.3. The second kappa shape index (κ2) is 9.98. The number of ketones is 1. The highest BCUT2D eigenvalue weighted by atomic mass is 19.1. The Morgan fingerprint density at radius 1 is 1.00 bits per heavy atom. The molecule has 1 saturated heterocycles. The van der Waals surface area contributed by atoms with Crippen LogP contribution in [0.2, 0.25) is 0 Å². The summed E-state index contributed by atoms with van der Waals surface area (Å²) >= 11 is 0. The first kappa shape index (κ1) is 24.8. The molecule has 1 atom stereocenters. The molecule has 1 amide bonds. The molecule has 4 aromatic rings. The van der Waals surface area contributed by atoms with Crippen molar-refractivity contribution in [3.8, 4) is 11.1 Å². The van der Waals surface area contributed by atoms with Gasteiger partial charge in [-0.2, -0.15) is 0 Å². The Balaban J connectivity index is 1.17. The lowest BCUT2D eigenvalue weighted by Gasteiger charge is -2.24. The van der Waals surface area contributed by atoms with E-state index < -0.39 is 17.5 Å². The third-order valence-corrected chi connectivity index (χ3v) is 7.75. The Kier molecular flexibility index (Phi) is 6.34. The van der Waals surface area contributed by atoms with Crippen molar-refractivity contribution in [3.63, 3.8) is 0 Å². The summed E-state index contributed by atoms with van der Waals surface area (Å²) in [6, 6.07) is 17.7. The van der Waals surface area contributed by atoms with Crippen molar-refractivity contribution < 1.29 is 14.0 Å². The van der Waals surface area contributed by atoms with Gasteiger partial charge in [0.1, 0.15) is 5.69 Å². The number of rotatable bonds is 5. The molecule has 6 rings (SSSR count). The average molecular weight is 525 g/mol. The summed E-state index contributed by atoms with van der Waals surface area (Å²) in [4.78, 5) is 39.2. The molecule has 2 aromatic carbocycles. The quantitative estimate of drug-likeness (QED) is 0.308. The number of benzene rings is 2. The van der Waals surface area contributed by atoms with E-state index in [4.69, 9.17) is 0 Å². The average Bonchev–Trinajstić information content (AvgIpc) is 3.36. The van der Waals surface area contributed by atoms with Crippen LogP contribution in [-0.4, -0.2) is 51.9 Å². The maximum absolute atomic E-state index is 13.3. The molecule has 0 bridgehead atoms. The third kappa shape index (κ3) is 4.65. The molecule has 9 heteroatoms. The number of hydrogen-bond acceptors (Lipinski definition) is 6. The van der Waals surface area contributed by atoms with E-state index in [2.05, 4.69) is 25.1 Å². The van der Waals surface area contributed by atoms with Crippen LogP contribution < -0.4 is 15.1 Å². The van der Waals surface area contributed by atoms with Gasteiger partial charge in [-0.15, -0.1) is 0 Å². The van der Waals surface area contributed by atoms with Gasteiger partial charge in [0.05, 0.1) is 12.4 Å². The summed E-state index contributed by atoms with van der Waals surface area (Å²) in [6.07, 6.45) is 4.15. The van der Waals surface area contributed by atoms with E-state index in [1.54, 1.807) is 11.6 Å². The lowest BCUT2D eigenvalue weighted by atomic mass is 10.0. The molecule has 198 valence electrons. The maximum Gasteiger partial charge on any atom is 0.298 e. The van der Waals surface area contributed by atoms with Gasteiger partial charge in [0.2, 0.25) is 5.95 Å². The zero-order valence-electron chi connectivity index (χ0n) is 21.9. The van der Waals surface area contributed by atoms with Crippen LogP contribution in [0.4, 0.5) is 21.7 Å². The topological polar surface area (TPSA) is 83.4 Å². The molecule has 2 aromatic heterocycles. The summed E-state index contributed by atoms with van der Waals surface area (Å²) in [5.74, 6) is -1.12. The zero-order chi connectivity index (χ0) is 27.1. The van der Waals surface area contributed by atoms with Crippen LogP contribution >= 0.6 is 0 Å². The Labute approximate surface area is 226 Å². The van der Waals surface area contributed by atoms with Crippen LogP contribution in [0.3, 0.4) is 0 Å². The van der Waals surface area contributed by atoms with Gasteiger partial charge in [0.25, 0.3) is 11.7 Å². The van der Waals surface area contributed by atoms with Crippen LogP contribution in [-0.2, 0) is 18.3 Å². The fourth-order valence-electron chi connectivity index (χ4n) is 5.68. The summed E-state index contributed by atoms with van der Waals surface area (Å²) in [5.41, 5.74) is 5.81. The lowest BCUT2D eigenvalue weighted by Crippen LogP contribution is -2.33. The first-order valence-electron chi connectivity index (χ1n) is 13.1. The molecule has 2 aliphatic heterocycles. The summed E-state index contributed by atoms with van der Waals surface area (Å²) in [5, 5.41) is 2.84. The second-order valence-electron chi connectivity index (χ2n) is 10.1. The molecule has 0 spiro atoms. The van der Waals surface area contributed by atoms with Crippen LogP contribution in [0.25, 0.3) is 11.1 Å². The van der Waals surface area contributed by atoms with E-state index in [-0.39, 0.29) is 0 Å². The minimum absolute atomic E-state index is 0.317. The van der Waals surface area contributed by atoms with E-state index >= 15 is 0 Å². The summed E-state index contributed by atoms with van der Waals surface area (Å²) < 4.78 is 15.0. The first-order chi connectivity index (χ1) is 18.9. The highest BCUT2D eigenvalue weighted by molar-refractivity contribution is 6.47. The number of carbonyl (C=O) groups is 2. The molecule has 1 N–H and O–H groups in total. The van der Waals surface area contributed by atoms with Gasteiger partial charge in [-0.05, 0) is 55.2 Å². The highest BCUT2D eigenvalue weighted by Crippen LogP contribution is 2.37. The molecule has 4 heterocycles. The molecule has 1 fully saturated rings. The lowest BCUT2D eigenvalue weighted by molar-refractivity contribution is -0.112. The van der Waals surface area contributed by atoms with Crippen molar-refractivity contribution in [2.24, 2.45) is 7.05 Å². The van der Waals surface area contributed by atoms with Crippen molar-refractivity contribution >= 4 is 29.0 Å². The number of halogens is 1. The molecule has 8 nitrogen and oxygen atoms in total. The Hall–Kier alpha value is -4.53. The molecule has 0 radical (unpaired) electrons. The normalized spacial score (nSPS) is 16.4. The van der Waals surface area contributed by atoms with Crippen molar-refractivity contribution in [1.82, 2.24) is 14.5 Å². The van der Waals surface area contributed by atoms with E-state index in [1.165, 1.54) is 12.4 Å². The Morgan fingerprint density at radius 2 is 1.77 bits per heavy atom. The summed E-state index contributed by atoms with van der Waals surface area (Å²) in [7, 11) is 1.81. The van der Waals surface area contributed by atoms with Crippen LogP contribution in [0.5, 0.6) is 0 Å². The minimum Gasteiger partial charge on any atom is -0.366 e. The van der Waals surface area contributed by atoms with E-state index in [1.807, 2.05) is 61.5 Å². The number of hydrogen-bond donors (Lipinski definition) is 1. The first-order valence-corrected chi connectivity index (χ1v) is 13.1. The molecule has 0 aliphatic carbocycles. The predicted octanol–water partition coefficient (Wildman–Crippen LogP) is 4.39. The number of nitrogens with zero attached hydrogens (tertiary/aromatic N) is 5. The van der Waals surface area contributed by atoms with Crippen LogP contribution in [0.1, 0.15) is 28.2 Å². The molecular weight excluding hydrogens is 495 g/mol. The predicted molar refractivity (Wildman–Crippen MR) is 149 cm³/mol. The van der Waals surface area contributed by atoms with Crippen molar-refractivity contribution in [3.05, 3.63) is 89.8 Å². The second-order valence-corrected chi connectivity index (χ2v) is 10.1. The molecular formula is C30H29FN6O2. The van der Waals surface area contributed by atoms with E-state index in [9.17, 15) is 14.0 Å². The minimum atomic E-state index is -0.657. The van der Waals surface area contributed by atoms with Crippen LogP contribution in [0, 0.1) is 12.7 Å². The van der Waals surface area contributed by atoms with Gasteiger partial charge >= 0.3 is 0 Å². The van der Waals surface area contributed by atoms with Crippen molar-refractivity contribution in [2.45, 2.75) is 25.8 Å². The fraction of sp³-hybridized carbons (Fsp3) is 0.267. The fourth-order valence-corrected chi connectivity index (χ4v) is 5.68. The number of Topliss-reactive ketones (excluding diaryl/α,β-unsaturated/α-hetero) is 1. The van der Waals surface area contributed by atoms with Gasteiger partial charge in [-0.25, -0.2) is 14.4 Å². The molecule has 0 unspecified atom stereocenters. The smallest absolute Gasteiger partial charge is 0.298 e. The molecule has 39 heavy (non-hydrogen) atoms. The molecule has 2 aliphatic rings. The highest BCUT2D eigenvalue weighted by Gasteiger charge is 2.33. The summed E-state index contributed by atoms with van der Waals surface area (Å²) in [6.45, 7) is 4.22. The zero-order valence-corrected chi connectivity index (χ0v) is 21.9. The van der Waals surface area contributed by atoms with Gasteiger partial charge in [-0.3, -0.25) is 9.59 Å². The molecule has 0 saturated carbocycles. The van der Waals surface area contributed by atoms with Crippen LogP contribution in [0.15, 0.2) is 67.0 Å². The Bertz CT molecular complexity index is 1550. The number of aryl methyl sites for hydroxylation is 1. The van der Waals surface area contributed by atoms with Crippen molar-refractivity contribution in [1.29, 1.82) is 0 Å². The number of nitrogens with one attached hydrogen (secondary N) is 1. The number of amides is 1. The van der Waals surface area contributed by atoms with E-state index in [0.29, 0.717) is 23.4 Å². The largest absolute Gasteiger partial charge is 0.366 e. The van der Waals surface area contributed by atoms with Gasteiger partial charge in [0.15, 0.2) is 5.82 Å². The SMILES string of the molecule is Cc1cc(-c2ccccc2)c(C(=O)C(=O)Nc2ccc3c(c2)C[C@@H]2CCN(c4ncc(F)cn4)CCN32)n1C. The number of carbonyl (C=O) groups excluding carboxylic acids is 2. The number of fused-ring (bicyclic) bond motifs is 3. The van der Waals surface area contributed by atoms with Crippen molar-refractivity contribution in [2.75, 3.05) is 34.8 Å².